The van der Waals surface area contributed by atoms with Crippen LogP contribution in [0.3, 0.4) is 0 Å². The molecule has 0 saturated heterocycles. The molecule has 2 N–H and O–H groups in total. The van der Waals surface area contributed by atoms with Gasteiger partial charge in [0.25, 0.3) is 0 Å². The number of hydrogen-bond acceptors (Lipinski definition) is 4. The van der Waals surface area contributed by atoms with Gasteiger partial charge in [-0.2, -0.15) is 0 Å². The number of furan rings is 1. The van der Waals surface area contributed by atoms with E-state index < -0.39 is 0 Å². The van der Waals surface area contributed by atoms with E-state index in [2.05, 4.69) is 20.6 Å². The summed E-state index contributed by atoms with van der Waals surface area (Å²) in [6, 6.07) is 7.48. The fourth-order valence-corrected chi connectivity index (χ4v) is 1.58. The van der Waals surface area contributed by atoms with Gasteiger partial charge in [-0.1, -0.05) is 0 Å². The lowest BCUT2D eigenvalue weighted by Gasteiger charge is -2.11. The van der Waals surface area contributed by atoms with Gasteiger partial charge in [-0.3, -0.25) is 9.98 Å². The Bertz CT molecular complexity index is 511. The Morgan fingerprint density at radius 2 is 2.30 bits per heavy atom. The Labute approximate surface area is 117 Å². The molecule has 0 saturated carbocycles. The molecule has 0 aliphatic carbocycles. The van der Waals surface area contributed by atoms with Gasteiger partial charge in [0, 0.05) is 13.2 Å². The van der Waals surface area contributed by atoms with E-state index in [0.29, 0.717) is 25.7 Å². The maximum atomic E-state index is 5.52. The summed E-state index contributed by atoms with van der Waals surface area (Å²) >= 11 is 0. The molecule has 6 nitrogen and oxygen atoms in total. The molecule has 0 radical (unpaired) electrons. The number of aliphatic imine (C=N–C) groups is 1. The molecule has 0 aromatic carbocycles. The van der Waals surface area contributed by atoms with Crippen molar-refractivity contribution in [2.75, 3.05) is 20.2 Å². The van der Waals surface area contributed by atoms with E-state index in [-0.39, 0.29) is 0 Å². The van der Waals surface area contributed by atoms with Crippen LogP contribution in [-0.2, 0) is 6.54 Å². The topological polar surface area (TPSA) is 71.7 Å². The third-order valence-electron chi connectivity index (χ3n) is 2.53. The molecule has 2 heterocycles. The lowest BCUT2D eigenvalue weighted by molar-refractivity contribution is 0.320. The van der Waals surface area contributed by atoms with Crippen LogP contribution in [0.4, 0.5) is 0 Å². The van der Waals surface area contributed by atoms with Gasteiger partial charge in [-0.05, 0) is 24.3 Å². The number of ether oxygens (including phenoxy) is 1. The number of hydrogen-bond donors (Lipinski definition) is 2. The van der Waals surface area contributed by atoms with Crippen LogP contribution in [0.2, 0.25) is 0 Å². The van der Waals surface area contributed by atoms with Crippen LogP contribution in [0.5, 0.6) is 5.75 Å². The van der Waals surface area contributed by atoms with Gasteiger partial charge in [0.2, 0.25) is 0 Å². The molecule has 0 bridgehead atoms. The van der Waals surface area contributed by atoms with Gasteiger partial charge in [0.15, 0.2) is 5.96 Å². The lowest BCUT2D eigenvalue weighted by atomic mass is 10.4. The molecule has 0 fully saturated rings. The third-order valence-corrected chi connectivity index (χ3v) is 2.53. The molecule has 2 rings (SSSR count). The molecule has 0 amide bonds. The van der Waals surface area contributed by atoms with Gasteiger partial charge < -0.3 is 19.8 Å². The predicted molar refractivity (Wildman–Crippen MR) is 76.6 cm³/mol. The number of nitrogens with one attached hydrogen (secondary N) is 2. The summed E-state index contributed by atoms with van der Waals surface area (Å²) in [6.45, 7) is 1.77. The maximum absolute atomic E-state index is 5.52. The second kappa shape index (κ2) is 7.83. The predicted octanol–water partition coefficient (Wildman–Crippen LogP) is 1.42. The first kappa shape index (κ1) is 13.9. The first-order valence-electron chi connectivity index (χ1n) is 6.38. The second-order valence-electron chi connectivity index (χ2n) is 3.97. The molecule has 2 aromatic rings. The van der Waals surface area contributed by atoms with Crippen LogP contribution in [0.15, 0.2) is 52.3 Å². The van der Waals surface area contributed by atoms with Crippen molar-refractivity contribution >= 4 is 5.96 Å². The monoisotopic (exact) mass is 274 g/mol. The van der Waals surface area contributed by atoms with Crippen LogP contribution >= 0.6 is 0 Å². The zero-order valence-electron chi connectivity index (χ0n) is 11.4. The van der Waals surface area contributed by atoms with Crippen molar-refractivity contribution in [3.8, 4) is 5.75 Å². The van der Waals surface area contributed by atoms with Gasteiger partial charge in [-0.15, -0.1) is 0 Å². The van der Waals surface area contributed by atoms with E-state index in [1.807, 2.05) is 24.3 Å². The Hall–Kier alpha value is -2.50. The minimum Gasteiger partial charge on any atom is -0.490 e. The smallest absolute Gasteiger partial charge is 0.191 e. The maximum Gasteiger partial charge on any atom is 0.191 e. The van der Waals surface area contributed by atoms with E-state index in [1.54, 1.807) is 25.7 Å². The highest BCUT2D eigenvalue weighted by atomic mass is 16.5. The van der Waals surface area contributed by atoms with Crippen LogP contribution in [-0.4, -0.2) is 31.1 Å². The molecule has 0 aliphatic heterocycles. The average molecular weight is 274 g/mol. The third kappa shape index (κ3) is 4.64. The summed E-state index contributed by atoms with van der Waals surface area (Å²) in [6.07, 6.45) is 5.05. The molecule has 20 heavy (non-hydrogen) atoms. The van der Waals surface area contributed by atoms with E-state index in [9.17, 15) is 0 Å². The SMILES string of the molecule is CN=C(NCCOc1cccnc1)NCc1ccco1. The Balaban J connectivity index is 1.64. The highest BCUT2D eigenvalue weighted by Crippen LogP contribution is 2.04. The summed E-state index contributed by atoms with van der Waals surface area (Å²) in [5.41, 5.74) is 0. The zero-order valence-corrected chi connectivity index (χ0v) is 11.4. The van der Waals surface area contributed by atoms with Crippen molar-refractivity contribution < 1.29 is 9.15 Å². The Morgan fingerprint density at radius 3 is 3.00 bits per heavy atom. The Morgan fingerprint density at radius 1 is 1.35 bits per heavy atom. The van der Waals surface area contributed by atoms with Gasteiger partial charge >= 0.3 is 0 Å². The molecule has 0 atom stereocenters. The quantitative estimate of drug-likeness (QED) is 0.473. The van der Waals surface area contributed by atoms with Gasteiger partial charge in [-0.25, -0.2) is 0 Å². The van der Waals surface area contributed by atoms with Crippen molar-refractivity contribution in [2.45, 2.75) is 6.54 Å². The summed E-state index contributed by atoms with van der Waals surface area (Å²) in [4.78, 5) is 8.10. The first-order chi connectivity index (χ1) is 9.88. The summed E-state index contributed by atoms with van der Waals surface area (Å²) in [5.74, 6) is 2.32. The molecule has 0 spiro atoms. The van der Waals surface area contributed by atoms with Crippen molar-refractivity contribution in [1.29, 1.82) is 0 Å². The van der Waals surface area contributed by atoms with E-state index in [0.717, 1.165) is 11.5 Å². The fourth-order valence-electron chi connectivity index (χ4n) is 1.58. The zero-order chi connectivity index (χ0) is 14.0. The largest absolute Gasteiger partial charge is 0.490 e. The van der Waals surface area contributed by atoms with Crippen molar-refractivity contribution in [2.24, 2.45) is 4.99 Å². The normalized spacial score (nSPS) is 11.2. The van der Waals surface area contributed by atoms with E-state index in [4.69, 9.17) is 9.15 Å². The van der Waals surface area contributed by atoms with Crippen LogP contribution < -0.4 is 15.4 Å². The van der Waals surface area contributed by atoms with E-state index in [1.165, 1.54) is 0 Å². The minimum atomic E-state index is 0.535. The highest BCUT2D eigenvalue weighted by Gasteiger charge is 1.99. The summed E-state index contributed by atoms with van der Waals surface area (Å²) in [7, 11) is 1.72. The number of guanidine groups is 1. The number of rotatable bonds is 6. The molecule has 106 valence electrons. The van der Waals surface area contributed by atoms with Crippen molar-refractivity contribution in [3.05, 3.63) is 48.7 Å². The van der Waals surface area contributed by atoms with E-state index >= 15 is 0 Å². The molecule has 0 unspecified atom stereocenters. The van der Waals surface area contributed by atoms with Crippen molar-refractivity contribution in [3.63, 3.8) is 0 Å². The number of pyridine rings is 1. The van der Waals surface area contributed by atoms with Gasteiger partial charge in [0.05, 0.1) is 25.5 Å². The summed E-state index contributed by atoms with van der Waals surface area (Å²) in [5, 5.41) is 6.30. The van der Waals surface area contributed by atoms with Crippen molar-refractivity contribution in [1.82, 2.24) is 15.6 Å². The molecule has 0 aliphatic rings. The summed E-state index contributed by atoms with van der Waals surface area (Å²) < 4.78 is 10.8. The second-order valence-corrected chi connectivity index (χ2v) is 3.97. The standard InChI is InChI=1S/C14H18N4O2/c1-15-14(18-11-13-5-3-8-19-13)17-7-9-20-12-4-2-6-16-10-12/h2-6,8,10H,7,9,11H2,1H3,(H2,15,17,18). The van der Waals surface area contributed by atoms with Crippen LogP contribution in [0.1, 0.15) is 5.76 Å². The lowest BCUT2D eigenvalue weighted by Crippen LogP contribution is -2.38. The molecule has 2 aromatic heterocycles. The average Bonchev–Trinajstić information content (AvgIpc) is 3.01. The molecular formula is C14H18N4O2. The van der Waals surface area contributed by atoms with Crippen LogP contribution in [0.25, 0.3) is 0 Å². The minimum absolute atomic E-state index is 0.535. The van der Waals surface area contributed by atoms with Crippen LogP contribution in [0, 0.1) is 0 Å². The van der Waals surface area contributed by atoms with Gasteiger partial charge in [0.1, 0.15) is 18.1 Å². The molecular weight excluding hydrogens is 256 g/mol. The highest BCUT2D eigenvalue weighted by molar-refractivity contribution is 5.79. The molecule has 6 heteroatoms. The number of nitrogens with zero attached hydrogens (tertiary/aromatic N) is 2. The number of aromatic nitrogens is 1. The first-order valence-corrected chi connectivity index (χ1v) is 6.38. The Kier molecular flexibility index (Phi) is 5.45. The fraction of sp³-hybridized carbons (Fsp3) is 0.286.